The largest absolute Gasteiger partial charge is 0.574 e. The van der Waals surface area contributed by atoms with Crippen molar-refractivity contribution in [3.8, 4) is 5.88 Å². The summed E-state index contributed by atoms with van der Waals surface area (Å²) in [5.74, 6) is -3.77. The van der Waals surface area contributed by atoms with Gasteiger partial charge in [0, 0.05) is 0 Å². The van der Waals surface area contributed by atoms with E-state index in [1.165, 1.54) is 0 Å². The summed E-state index contributed by atoms with van der Waals surface area (Å²) in [6.45, 7) is 0. The molecule has 0 bridgehead atoms. The van der Waals surface area contributed by atoms with E-state index >= 15 is 0 Å². The molecule has 1 aromatic rings. The fraction of sp³-hybridized carbons (Fsp3) is 0.250. The predicted molar refractivity (Wildman–Crippen MR) is 49.5 cm³/mol. The quantitative estimate of drug-likeness (QED) is 0.521. The van der Waals surface area contributed by atoms with E-state index in [2.05, 4.69) is 9.72 Å². The molecule has 1 heterocycles. The minimum absolute atomic E-state index is 0.132. The zero-order valence-corrected chi connectivity index (χ0v) is 9.02. The van der Waals surface area contributed by atoms with Crippen LogP contribution in [0, 0.1) is 10.1 Å². The van der Waals surface area contributed by atoms with Crippen molar-refractivity contribution in [1.29, 1.82) is 0 Å². The number of hydrogen-bond acceptors (Lipinski definition) is 5. The summed E-state index contributed by atoms with van der Waals surface area (Å²) in [6, 6.07) is 0. The number of carboxylic acids is 1. The Hall–Kier alpha value is -2.53. The second kappa shape index (κ2) is 5.22. The van der Waals surface area contributed by atoms with Crippen LogP contribution in [-0.2, 0) is 0 Å². The first-order valence-corrected chi connectivity index (χ1v) is 4.49. The Kier molecular flexibility index (Phi) is 4.06. The Morgan fingerprint density at radius 1 is 1.45 bits per heavy atom. The lowest BCUT2D eigenvalue weighted by atomic mass is 10.1. The average Bonchev–Trinajstić information content (AvgIpc) is 2.24. The maximum absolute atomic E-state index is 12.7. The second-order valence-electron chi connectivity index (χ2n) is 3.15. The molecule has 0 unspecified atom stereocenters. The Morgan fingerprint density at radius 2 is 2.00 bits per heavy atom. The number of alkyl halides is 5. The Bertz CT molecular complexity index is 559. The van der Waals surface area contributed by atoms with Gasteiger partial charge in [0.05, 0.1) is 11.1 Å². The van der Waals surface area contributed by atoms with Gasteiger partial charge in [-0.2, -0.15) is 0 Å². The van der Waals surface area contributed by atoms with Crippen LogP contribution in [-0.4, -0.2) is 27.3 Å². The van der Waals surface area contributed by atoms with E-state index in [0.717, 1.165) is 0 Å². The minimum atomic E-state index is -5.42. The van der Waals surface area contributed by atoms with Gasteiger partial charge in [-0.1, -0.05) is 0 Å². The van der Waals surface area contributed by atoms with E-state index in [9.17, 15) is 36.9 Å². The Morgan fingerprint density at radius 3 is 2.35 bits per heavy atom. The molecule has 1 rings (SSSR count). The molecular formula is C8H3F5N2O5. The number of ether oxygens (including phenoxy) is 1. The van der Waals surface area contributed by atoms with E-state index in [-0.39, 0.29) is 6.20 Å². The molecule has 110 valence electrons. The van der Waals surface area contributed by atoms with Crippen LogP contribution in [0.15, 0.2) is 6.20 Å². The van der Waals surface area contributed by atoms with Crippen LogP contribution in [0.5, 0.6) is 5.88 Å². The second-order valence-corrected chi connectivity index (χ2v) is 3.15. The number of aromatic carboxylic acids is 1. The van der Waals surface area contributed by atoms with E-state index in [0.29, 0.717) is 0 Å². The number of nitrogens with zero attached hydrogens (tertiary/aromatic N) is 2. The normalized spacial score (nSPS) is 11.5. The topological polar surface area (TPSA) is 103 Å². The van der Waals surface area contributed by atoms with Crippen molar-refractivity contribution in [1.82, 2.24) is 4.98 Å². The monoisotopic (exact) mass is 302 g/mol. The predicted octanol–water partition coefficient (Wildman–Crippen LogP) is 2.52. The summed E-state index contributed by atoms with van der Waals surface area (Å²) in [5, 5.41) is 19.2. The lowest BCUT2D eigenvalue weighted by Crippen LogP contribution is -2.20. The number of halogens is 5. The maximum Gasteiger partial charge on any atom is 0.574 e. The van der Waals surface area contributed by atoms with E-state index in [1.54, 1.807) is 0 Å². The molecule has 0 spiro atoms. The highest BCUT2D eigenvalue weighted by Gasteiger charge is 2.39. The summed E-state index contributed by atoms with van der Waals surface area (Å²) in [4.78, 5) is 22.5. The highest BCUT2D eigenvalue weighted by molar-refractivity contribution is 5.93. The minimum Gasteiger partial charge on any atom is -0.477 e. The van der Waals surface area contributed by atoms with Gasteiger partial charge in [-0.15, -0.1) is 13.2 Å². The van der Waals surface area contributed by atoms with Crippen LogP contribution < -0.4 is 4.74 Å². The summed E-state index contributed by atoms with van der Waals surface area (Å²) in [6.07, 6.45) is -9.08. The van der Waals surface area contributed by atoms with Crippen LogP contribution in [0.25, 0.3) is 0 Å². The fourth-order valence-corrected chi connectivity index (χ4v) is 1.24. The molecule has 0 aliphatic rings. The smallest absolute Gasteiger partial charge is 0.477 e. The van der Waals surface area contributed by atoms with E-state index in [4.69, 9.17) is 5.11 Å². The summed E-state index contributed by atoms with van der Waals surface area (Å²) < 4.78 is 64.4. The third kappa shape index (κ3) is 3.27. The van der Waals surface area contributed by atoms with Crippen molar-refractivity contribution in [2.75, 3.05) is 0 Å². The van der Waals surface area contributed by atoms with Crippen molar-refractivity contribution in [3.63, 3.8) is 0 Å². The molecule has 0 aromatic carbocycles. The van der Waals surface area contributed by atoms with Gasteiger partial charge in [0.15, 0.2) is 11.1 Å². The third-order valence-corrected chi connectivity index (χ3v) is 1.90. The molecule has 1 N–H and O–H groups in total. The molecule has 0 aliphatic heterocycles. The number of pyridine rings is 1. The van der Waals surface area contributed by atoms with E-state index < -0.39 is 46.4 Å². The van der Waals surface area contributed by atoms with Gasteiger partial charge in [-0.05, 0) is 0 Å². The summed E-state index contributed by atoms with van der Waals surface area (Å²) in [7, 11) is 0. The van der Waals surface area contributed by atoms with Crippen LogP contribution in [0.1, 0.15) is 22.3 Å². The van der Waals surface area contributed by atoms with Crippen molar-refractivity contribution >= 4 is 11.7 Å². The van der Waals surface area contributed by atoms with Crippen molar-refractivity contribution < 1.29 is 41.5 Å². The number of nitro groups is 1. The number of hydrogen-bond donors (Lipinski definition) is 1. The molecule has 0 radical (unpaired) electrons. The van der Waals surface area contributed by atoms with Crippen LogP contribution in [0.2, 0.25) is 0 Å². The van der Waals surface area contributed by atoms with Crippen molar-refractivity contribution in [2.24, 2.45) is 0 Å². The number of aromatic nitrogens is 1. The van der Waals surface area contributed by atoms with Gasteiger partial charge in [0.1, 0.15) is 0 Å². The third-order valence-electron chi connectivity index (χ3n) is 1.90. The van der Waals surface area contributed by atoms with Crippen LogP contribution in [0.3, 0.4) is 0 Å². The molecule has 0 saturated heterocycles. The molecule has 0 aliphatic carbocycles. The van der Waals surface area contributed by atoms with Gasteiger partial charge in [-0.3, -0.25) is 10.1 Å². The zero-order chi connectivity index (χ0) is 15.7. The molecule has 0 saturated carbocycles. The first-order chi connectivity index (χ1) is 9.04. The highest BCUT2D eigenvalue weighted by Crippen LogP contribution is 2.39. The highest BCUT2D eigenvalue weighted by atomic mass is 19.4. The molecule has 0 fully saturated rings. The van der Waals surface area contributed by atoms with Crippen molar-refractivity contribution in [2.45, 2.75) is 12.8 Å². The average molecular weight is 302 g/mol. The molecule has 0 amide bonds. The Labute approximate surface area is 105 Å². The van der Waals surface area contributed by atoms with E-state index in [1.807, 2.05) is 0 Å². The zero-order valence-electron chi connectivity index (χ0n) is 9.02. The number of carbonyl (C=O) groups is 1. The lowest BCUT2D eigenvalue weighted by Gasteiger charge is -2.12. The van der Waals surface area contributed by atoms with Gasteiger partial charge in [0.25, 0.3) is 12.1 Å². The van der Waals surface area contributed by atoms with Crippen molar-refractivity contribution in [3.05, 3.63) is 27.4 Å². The maximum atomic E-state index is 12.7. The summed E-state index contributed by atoms with van der Waals surface area (Å²) >= 11 is 0. The SMILES string of the molecule is O=C(O)c1cnc(OC(F)(F)F)c(C(F)F)c1[N+](=O)[O-]. The van der Waals surface area contributed by atoms with Gasteiger partial charge in [0.2, 0.25) is 5.88 Å². The number of carboxylic acid groups (broad SMARTS) is 1. The summed E-state index contributed by atoms with van der Waals surface area (Å²) in [5.41, 5.74) is -4.84. The molecule has 7 nitrogen and oxygen atoms in total. The van der Waals surface area contributed by atoms with Gasteiger partial charge < -0.3 is 9.84 Å². The first kappa shape index (κ1) is 15.5. The molecule has 20 heavy (non-hydrogen) atoms. The van der Waals surface area contributed by atoms with Gasteiger partial charge in [-0.25, -0.2) is 18.6 Å². The molecule has 12 heteroatoms. The molecular weight excluding hydrogens is 299 g/mol. The van der Waals surface area contributed by atoms with Crippen LogP contribution >= 0.6 is 0 Å². The molecule has 1 aromatic heterocycles. The van der Waals surface area contributed by atoms with Crippen LogP contribution in [0.4, 0.5) is 27.6 Å². The van der Waals surface area contributed by atoms with Gasteiger partial charge >= 0.3 is 12.3 Å². The molecule has 0 atom stereocenters. The first-order valence-electron chi connectivity index (χ1n) is 4.49. The lowest BCUT2D eigenvalue weighted by molar-refractivity contribution is -0.386. The fourth-order valence-electron chi connectivity index (χ4n) is 1.24. The standard InChI is InChI=1S/C8H3F5N2O5/c9-5(10)3-4(15(18)19)2(7(16)17)1-14-6(3)20-8(11,12)13/h1,5H,(H,16,17). The number of rotatable bonds is 4. The Balaban J connectivity index is 3.61.